The summed E-state index contributed by atoms with van der Waals surface area (Å²) in [7, 11) is 0. The maximum Gasteiger partial charge on any atom is 0.245 e. The second-order valence-electron chi connectivity index (χ2n) is 3.64. The van der Waals surface area contributed by atoms with Gasteiger partial charge in [0.05, 0.1) is 12.1 Å². The number of carbonyl (C=O) groups is 1. The van der Waals surface area contributed by atoms with Crippen LogP contribution >= 0.6 is 11.6 Å². The smallest absolute Gasteiger partial charge is 0.245 e. The van der Waals surface area contributed by atoms with Crippen LogP contribution in [0.1, 0.15) is 10.5 Å². The van der Waals surface area contributed by atoms with Gasteiger partial charge in [-0.3, -0.25) is 9.36 Å². The predicted octanol–water partition coefficient (Wildman–Crippen LogP) is 2.04. The monoisotopic (exact) mass is 220 g/mol. The second kappa shape index (κ2) is 3.08. The Morgan fingerprint density at radius 2 is 2.20 bits per heavy atom. The van der Waals surface area contributed by atoms with Crippen LogP contribution in [0.5, 0.6) is 0 Å². The molecule has 0 fully saturated rings. The van der Waals surface area contributed by atoms with Crippen molar-refractivity contribution in [2.24, 2.45) is 0 Å². The van der Waals surface area contributed by atoms with Crippen LogP contribution in [0.15, 0.2) is 24.3 Å². The second-order valence-corrected chi connectivity index (χ2v) is 4.05. The molecule has 1 aromatic heterocycles. The van der Waals surface area contributed by atoms with Crippen molar-refractivity contribution in [3.8, 4) is 0 Å². The molecule has 0 spiro atoms. The van der Waals surface area contributed by atoms with Crippen molar-refractivity contribution in [2.75, 3.05) is 6.54 Å². The van der Waals surface area contributed by atoms with Gasteiger partial charge in [-0.1, -0.05) is 17.7 Å². The number of hydrogen-bond acceptors (Lipinski definition) is 2. The molecule has 1 aromatic carbocycles. The third-order valence-electron chi connectivity index (χ3n) is 2.70. The average molecular weight is 221 g/mol. The third-order valence-corrected chi connectivity index (χ3v) is 3.03. The number of benzene rings is 1. The van der Waals surface area contributed by atoms with Gasteiger partial charge in [-0.2, -0.15) is 0 Å². The van der Waals surface area contributed by atoms with Crippen molar-refractivity contribution >= 4 is 28.4 Å². The first kappa shape index (κ1) is 8.95. The van der Waals surface area contributed by atoms with Crippen molar-refractivity contribution < 1.29 is 4.79 Å². The first-order valence-corrected chi connectivity index (χ1v) is 5.18. The fraction of sp³-hybridized carbons (Fsp3) is 0.182. The summed E-state index contributed by atoms with van der Waals surface area (Å²) in [6, 6.07) is 7.61. The van der Waals surface area contributed by atoms with Gasteiger partial charge >= 0.3 is 0 Å². The molecule has 2 aromatic rings. The van der Waals surface area contributed by atoms with Gasteiger partial charge in [0.25, 0.3) is 0 Å². The van der Waals surface area contributed by atoms with E-state index in [2.05, 4.69) is 5.32 Å². The van der Waals surface area contributed by atoms with E-state index in [4.69, 9.17) is 11.6 Å². The molecule has 2 heterocycles. The summed E-state index contributed by atoms with van der Waals surface area (Å²) >= 11 is 6.08. The van der Waals surface area contributed by atoms with E-state index in [1.165, 1.54) is 0 Å². The standard InChI is InChI=1S/C11H9ClN2O/c12-9-2-1-3-10-8(9)4-7-5-13-6-11(15)14(7)10/h1-4,13H,5-6H2. The van der Waals surface area contributed by atoms with E-state index in [0.717, 1.165) is 23.1 Å². The van der Waals surface area contributed by atoms with E-state index in [1.54, 1.807) is 4.57 Å². The van der Waals surface area contributed by atoms with E-state index in [-0.39, 0.29) is 5.91 Å². The molecule has 0 radical (unpaired) electrons. The maximum absolute atomic E-state index is 11.7. The van der Waals surface area contributed by atoms with Gasteiger partial charge in [0, 0.05) is 22.6 Å². The van der Waals surface area contributed by atoms with E-state index in [9.17, 15) is 4.79 Å². The molecule has 0 atom stereocenters. The number of aromatic nitrogens is 1. The van der Waals surface area contributed by atoms with Crippen LogP contribution in [-0.2, 0) is 6.54 Å². The molecular formula is C11H9ClN2O. The summed E-state index contributed by atoms with van der Waals surface area (Å²) in [5.74, 6) is 0.0773. The van der Waals surface area contributed by atoms with Crippen LogP contribution in [0.4, 0.5) is 0 Å². The van der Waals surface area contributed by atoms with Crippen LogP contribution in [0, 0.1) is 0 Å². The summed E-state index contributed by atoms with van der Waals surface area (Å²) < 4.78 is 1.75. The zero-order valence-electron chi connectivity index (χ0n) is 7.96. The van der Waals surface area contributed by atoms with E-state index >= 15 is 0 Å². The Morgan fingerprint density at radius 1 is 1.33 bits per heavy atom. The van der Waals surface area contributed by atoms with Gasteiger partial charge in [0.15, 0.2) is 0 Å². The van der Waals surface area contributed by atoms with Crippen LogP contribution in [0.2, 0.25) is 5.02 Å². The average Bonchev–Trinajstić information content (AvgIpc) is 2.59. The first-order valence-electron chi connectivity index (χ1n) is 4.80. The van der Waals surface area contributed by atoms with Gasteiger partial charge < -0.3 is 5.32 Å². The van der Waals surface area contributed by atoms with Crippen LogP contribution < -0.4 is 5.32 Å². The molecule has 0 saturated heterocycles. The fourth-order valence-corrected chi connectivity index (χ4v) is 2.27. The minimum atomic E-state index is 0.0773. The molecular weight excluding hydrogens is 212 g/mol. The molecule has 1 N–H and O–H groups in total. The highest BCUT2D eigenvalue weighted by atomic mass is 35.5. The Bertz CT molecular complexity index is 559. The summed E-state index contributed by atoms with van der Waals surface area (Å²) in [4.78, 5) is 11.7. The van der Waals surface area contributed by atoms with E-state index < -0.39 is 0 Å². The lowest BCUT2D eigenvalue weighted by atomic mass is 10.2. The van der Waals surface area contributed by atoms with Crippen LogP contribution in [0.25, 0.3) is 10.9 Å². The van der Waals surface area contributed by atoms with Crippen molar-refractivity contribution in [3.63, 3.8) is 0 Å². The van der Waals surface area contributed by atoms with Gasteiger partial charge in [-0.25, -0.2) is 0 Å². The summed E-state index contributed by atoms with van der Waals surface area (Å²) in [6.45, 7) is 1.11. The number of nitrogens with one attached hydrogen (secondary N) is 1. The molecule has 0 saturated carbocycles. The summed E-state index contributed by atoms with van der Waals surface area (Å²) in [5, 5.41) is 4.70. The Balaban J connectivity index is 2.41. The van der Waals surface area contributed by atoms with Crippen LogP contribution in [0.3, 0.4) is 0 Å². The lowest BCUT2D eigenvalue weighted by Gasteiger charge is -2.15. The number of carbonyl (C=O) groups excluding carboxylic acids is 1. The molecule has 0 amide bonds. The number of nitrogens with zero attached hydrogens (tertiary/aromatic N) is 1. The molecule has 1 aliphatic rings. The highest BCUT2D eigenvalue weighted by molar-refractivity contribution is 6.35. The molecule has 0 bridgehead atoms. The summed E-state index contributed by atoms with van der Waals surface area (Å²) in [6.07, 6.45) is 0. The Hall–Kier alpha value is -1.32. The van der Waals surface area contributed by atoms with Crippen molar-refractivity contribution in [1.82, 2.24) is 9.88 Å². The highest BCUT2D eigenvalue weighted by Crippen LogP contribution is 2.27. The zero-order chi connectivity index (χ0) is 10.4. The largest absolute Gasteiger partial charge is 0.303 e. The normalized spacial score (nSPS) is 15.7. The molecule has 76 valence electrons. The summed E-state index contributed by atoms with van der Waals surface area (Å²) in [5.41, 5.74) is 1.89. The molecule has 1 aliphatic heterocycles. The number of hydrogen-bond donors (Lipinski definition) is 1. The Kier molecular flexibility index (Phi) is 1.84. The van der Waals surface area contributed by atoms with Gasteiger partial charge in [0.2, 0.25) is 5.91 Å². The van der Waals surface area contributed by atoms with Gasteiger partial charge in [-0.05, 0) is 18.2 Å². The van der Waals surface area contributed by atoms with Gasteiger partial charge in [-0.15, -0.1) is 0 Å². The highest BCUT2D eigenvalue weighted by Gasteiger charge is 2.19. The van der Waals surface area contributed by atoms with E-state index in [0.29, 0.717) is 11.6 Å². The number of rotatable bonds is 0. The van der Waals surface area contributed by atoms with Gasteiger partial charge in [0.1, 0.15) is 0 Å². The quantitative estimate of drug-likeness (QED) is 0.737. The lowest BCUT2D eigenvalue weighted by molar-refractivity contribution is 0.0900. The van der Waals surface area contributed by atoms with Crippen molar-refractivity contribution in [1.29, 1.82) is 0 Å². The molecule has 3 rings (SSSR count). The van der Waals surface area contributed by atoms with E-state index in [1.807, 2.05) is 24.3 Å². The Labute approximate surface area is 91.6 Å². The minimum absolute atomic E-state index is 0.0773. The topological polar surface area (TPSA) is 34.0 Å². The Morgan fingerprint density at radius 3 is 3.07 bits per heavy atom. The third kappa shape index (κ3) is 1.20. The SMILES string of the molecule is O=C1CNCc2cc3c(Cl)cccc3n21. The maximum atomic E-state index is 11.7. The molecule has 4 heteroatoms. The fourth-order valence-electron chi connectivity index (χ4n) is 2.05. The molecule has 15 heavy (non-hydrogen) atoms. The number of fused-ring (bicyclic) bond motifs is 3. The molecule has 0 unspecified atom stereocenters. The lowest BCUT2D eigenvalue weighted by Crippen LogP contribution is -2.34. The molecule has 3 nitrogen and oxygen atoms in total. The minimum Gasteiger partial charge on any atom is -0.303 e. The van der Waals surface area contributed by atoms with Crippen molar-refractivity contribution in [3.05, 3.63) is 35.0 Å². The molecule has 0 aliphatic carbocycles. The van der Waals surface area contributed by atoms with Crippen molar-refractivity contribution in [2.45, 2.75) is 6.54 Å². The first-order chi connectivity index (χ1) is 7.27. The predicted molar refractivity (Wildman–Crippen MR) is 59.3 cm³/mol. The number of halogens is 1. The van der Waals surface area contributed by atoms with Crippen LogP contribution in [-0.4, -0.2) is 17.0 Å². The zero-order valence-corrected chi connectivity index (χ0v) is 8.71.